The third-order valence-electron chi connectivity index (χ3n) is 6.00. The number of carbonyl (C=O) groups excluding carboxylic acids is 1. The number of aromatic nitrogens is 1. The minimum absolute atomic E-state index is 0.0478. The average Bonchev–Trinajstić information content (AvgIpc) is 3.20. The summed E-state index contributed by atoms with van der Waals surface area (Å²) in [6.07, 6.45) is 4.28. The van der Waals surface area contributed by atoms with Crippen LogP contribution in [0.2, 0.25) is 0 Å². The maximum absolute atomic E-state index is 12.7. The Hall–Kier alpha value is -2.00. The molecule has 1 saturated heterocycles. The zero-order valence-corrected chi connectivity index (χ0v) is 19.4. The summed E-state index contributed by atoms with van der Waals surface area (Å²) in [4.78, 5) is 28.3. The molecule has 7 nitrogen and oxygen atoms in total. The van der Waals surface area contributed by atoms with E-state index < -0.39 is 0 Å². The van der Waals surface area contributed by atoms with Crippen molar-refractivity contribution in [1.82, 2.24) is 14.9 Å². The van der Waals surface area contributed by atoms with Crippen LogP contribution in [0.1, 0.15) is 31.2 Å². The van der Waals surface area contributed by atoms with E-state index in [2.05, 4.69) is 42.9 Å². The van der Waals surface area contributed by atoms with Crippen molar-refractivity contribution in [3.05, 3.63) is 45.8 Å². The van der Waals surface area contributed by atoms with Crippen molar-refractivity contribution in [3.63, 3.8) is 0 Å². The van der Waals surface area contributed by atoms with Crippen molar-refractivity contribution < 1.29 is 14.7 Å². The first-order chi connectivity index (χ1) is 15.0. The summed E-state index contributed by atoms with van der Waals surface area (Å²) in [6.45, 7) is 7.84. The van der Waals surface area contributed by atoms with Crippen LogP contribution in [0.25, 0.3) is 10.9 Å². The lowest BCUT2D eigenvalue weighted by Crippen LogP contribution is -2.46. The lowest BCUT2D eigenvalue weighted by atomic mass is 9.82. The number of fused-ring (bicyclic) bond motifs is 1. The van der Waals surface area contributed by atoms with Crippen molar-refractivity contribution in [2.24, 2.45) is 4.99 Å². The van der Waals surface area contributed by atoms with E-state index in [-0.39, 0.29) is 17.5 Å². The lowest BCUT2D eigenvalue weighted by Gasteiger charge is -2.33. The van der Waals surface area contributed by atoms with Crippen LogP contribution in [-0.2, 0) is 9.63 Å². The highest BCUT2D eigenvalue weighted by atomic mass is 79.9. The lowest BCUT2D eigenvalue weighted by molar-refractivity contribution is -0.172. The Morgan fingerprint density at radius 1 is 1.29 bits per heavy atom. The molecule has 1 aromatic carbocycles. The van der Waals surface area contributed by atoms with E-state index in [1.165, 1.54) is 0 Å². The molecule has 1 fully saturated rings. The van der Waals surface area contributed by atoms with Crippen LogP contribution in [0, 0.1) is 0 Å². The second kappa shape index (κ2) is 10.1. The molecule has 0 radical (unpaired) electrons. The molecule has 2 aromatic rings. The number of aliphatic hydroxyl groups is 1. The van der Waals surface area contributed by atoms with Crippen LogP contribution >= 0.6 is 15.9 Å². The Labute approximate surface area is 190 Å². The molecule has 166 valence electrons. The van der Waals surface area contributed by atoms with Gasteiger partial charge in [0.15, 0.2) is 5.78 Å². The fourth-order valence-corrected chi connectivity index (χ4v) is 4.98. The Bertz CT molecular complexity index is 992. The molecular weight excluding hydrogens is 460 g/mol. The number of hydrogen-bond donors (Lipinski definition) is 2. The molecule has 4 rings (SSSR count). The predicted octanol–water partition coefficient (Wildman–Crippen LogP) is 3.83. The molecular formula is C23H29BrN4O3. The van der Waals surface area contributed by atoms with Gasteiger partial charge in [-0.1, -0.05) is 15.9 Å². The summed E-state index contributed by atoms with van der Waals surface area (Å²) in [5.41, 5.74) is 2.43. The predicted molar refractivity (Wildman–Crippen MR) is 126 cm³/mol. The van der Waals surface area contributed by atoms with Gasteiger partial charge in [-0.2, -0.15) is 5.06 Å². The number of H-pyrrole nitrogens is 1. The van der Waals surface area contributed by atoms with Gasteiger partial charge < -0.3 is 10.1 Å². The topological polar surface area (TPSA) is 81.2 Å². The summed E-state index contributed by atoms with van der Waals surface area (Å²) in [5, 5.41) is 13.7. The van der Waals surface area contributed by atoms with E-state index in [9.17, 15) is 9.90 Å². The SMILES string of the molecule is CCON1CCN(CCN=CC2=C(O)CC(c3cc4[nH]ccc4cc3Br)CC2=O)CC1. The normalized spacial score (nSPS) is 21.6. The van der Waals surface area contributed by atoms with Crippen molar-refractivity contribution >= 4 is 38.8 Å². The summed E-state index contributed by atoms with van der Waals surface area (Å²) >= 11 is 3.63. The van der Waals surface area contributed by atoms with Crippen molar-refractivity contribution in [1.29, 1.82) is 0 Å². The number of aliphatic hydroxyl groups excluding tert-OH is 1. The molecule has 2 aliphatic rings. The number of aromatic amines is 1. The number of nitrogens with one attached hydrogen (secondary N) is 1. The molecule has 1 atom stereocenters. The number of piperazine rings is 1. The van der Waals surface area contributed by atoms with Crippen LogP contribution in [0.3, 0.4) is 0 Å². The molecule has 1 aliphatic heterocycles. The maximum atomic E-state index is 12.7. The zero-order chi connectivity index (χ0) is 21.8. The van der Waals surface area contributed by atoms with Gasteiger partial charge >= 0.3 is 0 Å². The highest BCUT2D eigenvalue weighted by molar-refractivity contribution is 9.10. The highest BCUT2D eigenvalue weighted by Gasteiger charge is 2.29. The van der Waals surface area contributed by atoms with Crippen molar-refractivity contribution in [2.45, 2.75) is 25.7 Å². The molecule has 0 bridgehead atoms. The molecule has 0 spiro atoms. The minimum Gasteiger partial charge on any atom is -0.511 e. The molecule has 1 unspecified atom stereocenters. The smallest absolute Gasteiger partial charge is 0.168 e. The fraction of sp³-hybridized carbons (Fsp3) is 0.478. The monoisotopic (exact) mass is 488 g/mol. The van der Waals surface area contributed by atoms with Crippen LogP contribution in [-0.4, -0.2) is 77.9 Å². The average molecular weight is 489 g/mol. The number of ketones is 1. The van der Waals surface area contributed by atoms with Crippen LogP contribution in [0.15, 0.2) is 45.2 Å². The van der Waals surface area contributed by atoms with Gasteiger partial charge in [0.25, 0.3) is 0 Å². The molecule has 2 N–H and O–H groups in total. The largest absolute Gasteiger partial charge is 0.511 e. The van der Waals surface area contributed by atoms with Crippen LogP contribution in [0.5, 0.6) is 0 Å². The standard InChI is InChI=1S/C23H29BrN4O3/c1-2-31-28-9-7-27(8-10-28)6-5-25-15-19-22(29)12-17(13-23(19)30)18-14-21-16(3-4-26-21)11-20(18)24/h3-4,11,14-15,17,26,29H,2,5-10,12-13H2,1H3. The number of allylic oxidation sites excluding steroid dienone is 2. The van der Waals surface area contributed by atoms with Gasteiger partial charge in [0.2, 0.25) is 0 Å². The quantitative estimate of drug-likeness (QED) is 0.578. The van der Waals surface area contributed by atoms with Crippen LogP contribution in [0.4, 0.5) is 0 Å². The third-order valence-corrected chi connectivity index (χ3v) is 6.69. The summed E-state index contributed by atoms with van der Waals surface area (Å²) < 4.78 is 0.965. The number of hydroxylamine groups is 2. The molecule has 1 aromatic heterocycles. The maximum Gasteiger partial charge on any atom is 0.168 e. The van der Waals surface area contributed by atoms with Gasteiger partial charge in [-0.15, -0.1) is 0 Å². The van der Waals surface area contributed by atoms with Gasteiger partial charge in [0, 0.05) is 73.4 Å². The van der Waals surface area contributed by atoms with Gasteiger partial charge in [0.1, 0.15) is 5.76 Å². The number of hydrogen-bond acceptors (Lipinski definition) is 6. The van der Waals surface area contributed by atoms with E-state index in [0.29, 0.717) is 31.6 Å². The molecule has 2 heterocycles. The molecule has 1 aliphatic carbocycles. The summed E-state index contributed by atoms with van der Waals surface area (Å²) in [7, 11) is 0. The number of halogens is 1. The Morgan fingerprint density at radius 3 is 2.84 bits per heavy atom. The number of carbonyl (C=O) groups is 1. The van der Waals surface area contributed by atoms with Gasteiger partial charge in [-0.25, -0.2) is 0 Å². The first-order valence-electron chi connectivity index (χ1n) is 10.9. The van der Waals surface area contributed by atoms with E-state index >= 15 is 0 Å². The Morgan fingerprint density at radius 2 is 2.10 bits per heavy atom. The van der Waals surface area contributed by atoms with E-state index in [4.69, 9.17) is 4.84 Å². The van der Waals surface area contributed by atoms with Gasteiger partial charge in [-0.05, 0) is 36.6 Å². The summed E-state index contributed by atoms with van der Waals surface area (Å²) in [5.74, 6) is 0.0310. The van der Waals surface area contributed by atoms with E-state index in [0.717, 1.165) is 53.7 Å². The fourth-order valence-electron chi connectivity index (χ4n) is 4.30. The number of aliphatic imine (C=N–C) groups is 1. The second-order valence-electron chi connectivity index (χ2n) is 8.05. The number of nitrogens with zero attached hydrogens (tertiary/aromatic N) is 3. The van der Waals surface area contributed by atoms with Gasteiger partial charge in [-0.3, -0.25) is 19.5 Å². The Kier molecular flexibility index (Phi) is 7.22. The molecule has 31 heavy (non-hydrogen) atoms. The first kappa shape index (κ1) is 22.2. The van der Waals surface area contributed by atoms with E-state index in [1.807, 2.05) is 24.3 Å². The van der Waals surface area contributed by atoms with Crippen molar-refractivity contribution in [3.8, 4) is 0 Å². The molecule has 8 heteroatoms. The highest BCUT2D eigenvalue weighted by Crippen LogP contribution is 2.38. The zero-order valence-electron chi connectivity index (χ0n) is 17.8. The number of benzene rings is 1. The van der Waals surface area contributed by atoms with Gasteiger partial charge in [0.05, 0.1) is 18.7 Å². The summed E-state index contributed by atoms with van der Waals surface area (Å²) in [6, 6.07) is 6.13. The van der Waals surface area contributed by atoms with Crippen molar-refractivity contribution in [2.75, 3.05) is 45.9 Å². The third kappa shape index (κ3) is 5.26. The Balaban J connectivity index is 1.34. The van der Waals surface area contributed by atoms with Crippen LogP contribution < -0.4 is 0 Å². The van der Waals surface area contributed by atoms with E-state index in [1.54, 1.807) is 6.21 Å². The minimum atomic E-state index is -0.0543. The second-order valence-corrected chi connectivity index (χ2v) is 8.91. The number of rotatable bonds is 7. The molecule has 0 saturated carbocycles. The number of Topliss-reactive ketones (excluding diaryl/α,β-unsaturated/α-hetero) is 1. The first-order valence-corrected chi connectivity index (χ1v) is 11.7. The molecule has 0 amide bonds.